The Bertz CT molecular complexity index is 467. The van der Waals surface area contributed by atoms with Crippen molar-refractivity contribution in [2.24, 2.45) is 5.41 Å². The van der Waals surface area contributed by atoms with Gasteiger partial charge in [-0.15, -0.1) is 0 Å². The molecule has 1 aliphatic carbocycles. The number of carboxylic acids is 1. The van der Waals surface area contributed by atoms with Crippen LogP contribution in [0.3, 0.4) is 0 Å². The fourth-order valence-electron chi connectivity index (χ4n) is 2.35. The Labute approximate surface area is 115 Å². The Balaban J connectivity index is 2.08. The molecule has 1 aliphatic rings. The van der Waals surface area contributed by atoms with Crippen molar-refractivity contribution in [1.29, 1.82) is 0 Å². The van der Waals surface area contributed by atoms with Crippen LogP contribution >= 0.6 is 0 Å². The standard InChI is InChI=1S/C16H23NO2/c1-15(2,3)12-5-7-13(8-6-12)17(4)11-16(9-10-16)14(18)19/h5-8H,9-11H2,1-4H3,(H,18,19). The SMILES string of the molecule is CN(CC1(C(=O)O)CC1)c1ccc(C(C)(C)C)cc1. The quantitative estimate of drug-likeness (QED) is 0.904. The molecular weight excluding hydrogens is 238 g/mol. The third-order valence-electron chi connectivity index (χ3n) is 4.02. The lowest BCUT2D eigenvalue weighted by Gasteiger charge is -2.25. The van der Waals surface area contributed by atoms with Crippen LogP contribution in [0.4, 0.5) is 5.69 Å². The van der Waals surface area contributed by atoms with Crippen LogP contribution in [0.5, 0.6) is 0 Å². The molecule has 3 nitrogen and oxygen atoms in total. The second-order valence-electron chi connectivity index (χ2n) is 6.74. The number of aliphatic carboxylic acids is 1. The van der Waals surface area contributed by atoms with E-state index in [1.165, 1.54) is 5.56 Å². The van der Waals surface area contributed by atoms with Crippen molar-refractivity contribution in [3.63, 3.8) is 0 Å². The average Bonchev–Trinajstić information content (AvgIpc) is 3.09. The molecule has 1 saturated carbocycles. The summed E-state index contributed by atoms with van der Waals surface area (Å²) in [5, 5.41) is 9.22. The maximum Gasteiger partial charge on any atom is 0.311 e. The van der Waals surface area contributed by atoms with E-state index >= 15 is 0 Å². The van der Waals surface area contributed by atoms with Crippen molar-refractivity contribution in [1.82, 2.24) is 0 Å². The van der Waals surface area contributed by atoms with Crippen molar-refractivity contribution in [2.45, 2.75) is 39.0 Å². The minimum Gasteiger partial charge on any atom is -0.481 e. The van der Waals surface area contributed by atoms with Gasteiger partial charge in [0.05, 0.1) is 5.41 Å². The highest BCUT2D eigenvalue weighted by molar-refractivity contribution is 5.78. The molecule has 0 unspecified atom stereocenters. The van der Waals surface area contributed by atoms with Crippen LogP contribution in [0.25, 0.3) is 0 Å². The smallest absolute Gasteiger partial charge is 0.311 e. The molecule has 0 bridgehead atoms. The summed E-state index contributed by atoms with van der Waals surface area (Å²) in [6.45, 7) is 7.16. The molecule has 0 radical (unpaired) electrons. The lowest BCUT2D eigenvalue weighted by atomic mass is 9.87. The molecule has 0 aromatic heterocycles. The Morgan fingerprint density at radius 2 is 1.79 bits per heavy atom. The lowest BCUT2D eigenvalue weighted by molar-refractivity contribution is -0.142. The summed E-state index contributed by atoms with van der Waals surface area (Å²) >= 11 is 0. The second kappa shape index (κ2) is 4.55. The molecule has 2 rings (SSSR count). The van der Waals surface area contributed by atoms with Crippen molar-refractivity contribution in [2.75, 3.05) is 18.5 Å². The van der Waals surface area contributed by atoms with Gasteiger partial charge in [0, 0.05) is 19.3 Å². The summed E-state index contributed by atoms with van der Waals surface area (Å²) in [6, 6.07) is 8.43. The van der Waals surface area contributed by atoms with Gasteiger partial charge in [0.15, 0.2) is 0 Å². The number of benzene rings is 1. The normalized spacial score (nSPS) is 17.1. The molecular formula is C16H23NO2. The van der Waals surface area contributed by atoms with Crippen molar-refractivity contribution in [3.05, 3.63) is 29.8 Å². The number of nitrogens with zero attached hydrogens (tertiary/aromatic N) is 1. The summed E-state index contributed by atoms with van der Waals surface area (Å²) in [7, 11) is 1.97. The topological polar surface area (TPSA) is 40.5 Å². The highest BCUT2D eigenvalue weighted by Gasteiger charge is 2.50. The number of anilines is 1. The summed E-state index contributed by atoms with van der Waals surface area (Å²) in [5.41, 5.74) is 2.03. The zero-order valence-corrected chi connectivity index (χ0v) is 12.2. The molecule has 1 fully saturated rings. The van der Waals surface area contributed by atoms with Gasteiger partial charge in [-0.3, -0.25) is 4.79 Å². The van der Waals surface area contributed by atoms with Crippen LogP contribution in [0.2, 0.25) is 0 Å². The van der Waals surface area contributed by atoms with E-state index in [0.29, 0.717) is 6.54 Å². The first-order valence-corrected chi connectivity index (χ1v) is 6.80. The number of hydrogen-bond donors (Lipinski definition) is 1. The highest BCUT2D eigenvalue weighted by atomic mass is 16.4. The van der Waals surface area contributed by atoms with Crippen LogP contribution in [-0.4, -0.2) is 24.7 Å². The van der Waals surface area contributed by atoms with E-state index in [4.69, 9.17) is 0 Å². The Hall–Kier alpha value is -1.51. The van der Waals surface area contributed by atoms with E-state index in [1.54, 1.807) is 0 Å². The van der Waals surface area contributed by atoms with Gasteiger partial charge >= 0.3 is 5.97 Å². The van der Waals surface area contributed by atoms with Gasteiger partial charge in [0.2, 0.25) is 0 Å². The number of carboxylic acid groups (broad SMARTS) is 1. The molecule has 1 aromatic rings. The molecule has 19 heavy (non-hydrogen) atoms. The second-order valence-corrected chi connectivity index (χ2v) is 6.74. The molecule has 3 heteroatoms. The number of hydrogen-bond acceptors (Lipinski definition) is 2. The lowest BCUT2D eigenvalue weighted by Crippen LogP contribution is -2.31. The predicted molar refractivity (Wildman–Crippen MR) is 77.7 cm³/mol. The van der Waals surface area contributed by atoms with Crippen LogP contribution in [0.15, 0.2) is 24.3 Å². The molecule has 0 spiro atoms. The molecule has 0 heterocycles. The summed E-state index contributed by atoms with van der Waals surface area (Å²) in [5.74, 6) is -0.661. The Kier molecular flexibility index (Phi) is 3.33. The summed E-state index contributed by atoms with van der Waals surface area (Å²) in [6.07, 6.45) is 1.60. The molecule has 1 aromatic carbocycles. The largest absolute Gasteiger partial charge is 0.481 e. The van der Waals surface area contributed by atoms with E-state index in [2.05, 4.69) is 45.0 Å². The van der Waals surface area contributed by atoms with Gasteiger partial charge in [-0.05, 0) is 36.0 Å². The fraction of sp³-hybridized carbons (Fsp3) is 0.562. The molecule has 0 amide bonds. The zero-order chi connectivity index (χ0) is 14.3. The molecule has 1 N–H and O–H groups in total. The maximum atomic E-state index is 11.2. The van der Waals surface area contributed by atoms with Crippen LogP contribution in [0, 0.1) is 5.41 Å². The average molecular weight is 261 g/mol. The van der Waals surface area contributed by atoms with E-state index in [0.717, 1.165) is 18.5 Å². The predicted octanol–water partition coefficient (Wildman–Crippen LogP) is 3.29. The molecule has 0 saturated heterocycles. The van der Waals surface area contributed by atoms with Crippen LogP contribution < -0.4 is 4.90 Å². The van der Waals surface area contributed by atoms with Gasteiger partial charge in [-0.25, -0.2) is 0 Å². The van der Waals surface area contributed by atoms with Gasteiger partial charge in [-0.2, -0.15) is 0 Å². The summed E-state index contributed by atoms with van der Waals surface area (Å²) in [4.78, 5) is 13.3. The van der Waals surface area contributed by atoms with Gasteiger partial charge in [-0.1, -0.05) is 32.9 Å². The first-order chi connectivity index (χ1) is 8.74. The van der Waals surface area contributed by atoms with Crippen molar-refractivity contribution >= 4 is 11.7 Å². The highest BCUT2D eigenvalue weighted by Crippen LogP contribution is 2.46. The fourth-order valence-corrected chi connectivity index (χ4v) is 2.35. The number of rotatable bonds is 4. The first-order valence-electron chi connectivity index (χ1n) is 6.80. The van der Waals surface area contributed by atoms with E-state index < -0.39 is 11.4 Å². The van der Waals surface area contributed by atoms with Gasteiger partial charge in [0.25, 0.3) is 0 Å². The number of carbonyl (C=O) groups is 1. The summed E-state index contributed by atoms with van der Waals surface area (Å²) < 4.78 is 0. The van der Waals surface area contributed by atoms with Gasteiger partial charge in [0.1, 0.15) is 0 Å². The monoisotopic (exact) mass is 261 g/mol. The Morgan fingerprint density at radius 3 is 2.16 bits per heavy atom. The van der Waals surface area contributed by atoms with Crippen molar-refractivity contribution in [3.8, 4) is 0 Å². The minimum atomic E-state index is -0.661. The minimum absolute atomic E-state index is 0.149. The van der Waals surface area contributed by atoms with E-state index in [9.17, 15) is 9.90 Å². The van der Waals surface area contributed by atoms with Gasteiger partial charge < -0.3 is 10.0 Å². The van der Waals surface area contributed by atoms with Crippen LogP contribution in [-0.2, 0) is 10.2 Å². The van der Waals surface area contributed by atoms with Crippen LogP contribution in [0.1, 0.15) is 39.2 Å². The van der Waals surface area contributed by atoms with E-state index in [1.807, 2.05) is 11.9 Å². The first kappa shape index (κ1) is 13.9. The van der Waals surface area contributed by atoms with Crippen molar-refractivity contribution < 1.29 is 9.90 Å². The molecule has 104 valence electrons. The molecule has 0 aliphatic heterocycles. The van der Waals surface area contributed by atoms with E-state index in [-0.39, 0.29) is 5.41 Å². The zero-order valence-electron chi connectivity index (χ0n) is 12.2. The third kappa shape index (κ3) is 2.91. The Morgan fingerprint density at radius 1 is 1.26 bits per heavy atom. The maximum absolute atomic E-state index is 11.2. The molecule has 0 atom stereocenters. The third-order valence-corrected chi connectivity index (χ3v) is 4.02.